The zero-order chi connectivity index (χ0) is 14.3. The average Bonchev–Trinajstić information content (AvgIpc) is 2.65. The summed E-state index contributed by atoms with van der Waals surface area (Å²) in [4.78, 5) is 2.05. The third kappa shape index (κ3) is 3.10. The van der Waals surface area contributed by atoms with Gasteiger partial charge < -0.3 is 5.73 Å². The van der Waals surface area contributed by atoms with Crippen LogP contribution in [0.5, 0.6) is 0 Å². The standard InChI is InChI=1S/C10H21N3O4S2/c1-18(14,15)13-5-3-12(4-6-13)10(8-11)2-7-19(16,17)9-10/h2-9,11H2,1H3. The molecule has 0 amide bonds. The van der Waals surface area contributed by atoms with Gasteiger partial charge in [-0.2, -0.15) is 4.31 Å². The summed E-state index contributed by atoms with van der Waals surface area (Å²) in [7, 11) is -6.18. The summed E-state index contributed by atoms with van der Waals surface area (Å²) in [5.74, 6) is 0.270. The first kappa shape index (κ1) is 15.2. The predicted molar refractivity (Wildman–Crippen MR) is 73.0 cm³/mol. The summed E-state index contributed by atoms with van der Waals surface area (Å²) in [5, 5.41) is 0. The number of hydrogen-bond donors (Lipinski definition) is 1. The van der Waals surface area contributed by atoms with Gasteiger partial charge in [-0.05, 0) is 6.42 Å². The summed E-state index contributed by atoms with van der Waals surface area (Å²) < 4.78 is 47.7. The van der Waals surface area contributed by atoms with Crippen molar-refractivity contribution in [2.45, 2.75) is 12.0 Å². The van der Waals surface area contributed by atoms with Crippen molar-refractivity contribution >= 4 is 19.9 Å². The molecule has 0 aliphatic carbocycles. The minimum absolute atomic E-state index is 0.0926. The van der Waals surface area contributed by atoms with E-state index in [9.17, 15) is 16.8 Å². The Morgan fingerprint density at radius 3 is 2.16 bits per heavy atom. The van der Waals surface area contributed by atoms with Crippen molar-refractivity contribution in [2.24, 2.45) is 5.73 Å². The highest BCUT2D eigenvalue weighted by molar-refractivity contribution is 7.91. The maximum absolute atomic E-state index is 11.7. The Labute approximate surface area is 114 Å². The van der Waals surface area contributed by atoms with Gasteiger partial charge in [0.15, 0.2) is 9.84 Å². The Kier molecular flexibility index (Phi) is 3.96. The fraction of sp³-hybridized carbons (Fsp3) is 1.00. The van der Waals surface area contributed by atoms with Crippen LogP contribution >= 0.6 is 0 Å². The Bertz CT molecular complexity index is 537. The molecule has 2 N–H and O–H groups in total. The Morgan fingerprint density at radius 2 is 1.79 bits per heavy atom. The molecule has 1 unspecified atom stereocenters. The molecule has 0 aromatic heterocycles. The molecule has 7 nitrogen and oxygen atoms in total. The normalized spacial score (nSPS) is 33.6. The highest BCUT2D eigenvalue weighted by Gasteiger charge is 2.46. The van der Waals surface area contributed by atoms with E-state index in [1.165, 1.54) is 10.6 Å². The van der Waals surface area contributed by atoms with E-state index in [-0.39, 0.29) is 11.5 Å². The van der Waals surface area contributed by atoms with E-state index in [1.54, 1.807) is 0 Å². The largest absolute Gasteiger partial charge is 0.329 e. The van der Waals surface area contributed by atoms with Crippen molar-refractivity contribution in [2.75, 3.05) is 50.5 Å². The van der Waals surface area contributed by atoms with Crippen molar-refractivity contribution in [3.05, 3.63) is 0 Å². The van der Waals surface area contributed by atoms with Gasteiger partial charge in [0.1, 0.15) is 0 Å². The van der Waals surface area contributed by atoms with Gasteiger partial charge >= 0.3 is 0 Å². The molecule has 2 fully saturated rings. The van der Waals surface area contributed by atoms with Gasteiger partial charge in [0, 0.05) is 38.3 Å². The van der Waals surface area contributed by atoms with Gasteiger partial charge in [0.05, 0.1) is 17.8 Å². The molecule has 0 spiro atoms. The van der Waals surface area contributed by atoms with Crippen LogP contribution in [0.15, 0.2) is 0 Å². The zero-order valence-electron chi connectivity index (χ0n) is 11.1. The van der Waals surface area contributed by atoms with E-state index in [0.29, 0.717) is 39.1 Å². The Morgan fingerprint density at radius 1 is 1.21 bits per heavy atom. The van der Waals surface area contributed by atoms with Crippen molar-refractivity contribution < 1.29 is 16.8 Å². The van der Waals surface area contributed by atoms with Gasteiger partial charge in [-0.15, -0.1) is 0 Å². The first-order valence-corrected chi connectivity index (χ1v) is 9.96. The third-order valence-corrected chi connectivity index (χ3v) is 7.23. The number of nitrogens with two attached hydrogens (primary N) is 1. The van der Waals surface area contributed by atoms with Crippen LogP contribution in [0, 0.1) is 0 Å². The van der Waals surface area contributed by atoms with E-state index in [4.69, 9.17) is 5.73 Å². The average molecular weight is 311 g/mol. The minimum Gasteiger partial charge on any atom is -0.329 e. The Balaban J connectivity index is 2.08. The lowest BCUT2D eigenvalue weighted by molar-refractivity contribution is 0.0769. The monoisotopic (exact) mass is 311 g/mol. The van der Waals surface area contributed by atoms with Crippen LogP contribution in [0.2, 0.25) is 0 Å². The van der Waals surface area contributed by atoms with Crippen LogP contribution in [0.25, 0.3) is 0 Å². The topological polar surface area (TPSA) is 101 Å². The maximum atomic E-state index is 11.7. The number of nitrogens with zero attached hydrogens (tertiary/aromatic N) is 2. The van der Waals surface area contributed by atoms with Crippen LogP contribution in [0.1, 0.15) is 6.42 Å². The van der Waals surface area contributed by atoms with Gasteiger partial charge in [-0.1, -0.05) is 0 Å². The maximum Gasteiger partial charge on any atom is 0.211 e. The van der Waals surface area contributed by atoms with Gasteiger partial charge in [-0.25, -0.2) is 16.8 Å². The van der Waals surface area contributed by atoms with E-state index in [2.05, 4.69) is 4.90 Å². The summed E-state index contributed by atoms with van der Waals surface area (Å²) in [6, 6.07) is 0. The second-order valence-corrected chi connectivity index (χ2v) is 9.59. The fourth-order valence-electron chi connectivity index (χ4n) is 2.93. The molecule has 2 heterocycles. The van der Waals surface area contributed by atoms with Crippen LogP contribution in [0.4, 0.5) is 0 Å². The molecule has 0 radical (unpaired) electrons. The first-order valence-electron chi connectivity index (χ1n) is 6.29. The number of sulfonamides is 1. The molecule has 0 aromatic carbocycles. The smallest absolute Gasteiger partial charge is 0.211 e. The van der Waals surface area contributed by atoms with Crippen LogP contribution in [0.3, 0.4) is 0 Å². The lowest BCUT2D eigenvalue weighted by Crippen LogP contribution is -2.61. The van der Waals surface area contributed by atoms with Crippen molar-refractivity contribution in [3.8, 4) is 0 Å². The van der Waals surface area contributed by atoms with E-state index in [1.807, 2.05) is 0 Å². The number of piperazine rings is 1. The molecular formula is C10H21N3O4S2. The molecular weight excluding hydrogens is 290 g/mol. The van der Waals surface area contributed by atoms with Crippen LogP contribution in [-0.2, 0) is 19.9 Å². The molecule has 2 aliphatic rings. The molecule has 0 bridgehead atoms. The predicted octanol–water partition coefficient (Wildman–Crippen LogP) is -1.92. The number of rotatable bonds is 3. The molecule has 2 saturated heterocycles. The van der Waals surface area contributed by atoms with Gasteiger partial charge in [-0.3, -0.25) is 4.90 Å². The molecule has 2 aliphatic heterocycles. The quantitative estimate of drug-likeness (QED) is 0.652. The lowest BCUT2D eigenvalue weighted by Gasteiger charge is -2.44. The summed E-state index contributed by atoms with van der Waals surface area (Å²) in [6.07, 6.45) is 1.74. The SMILES string of the molecule is CS(=O)(=O)N1CCN(C2(CN)CCS(=O)(=O)C2)CC1. The molecule has 112 valence electrons. The van der Waals surface area contributed by atoms with Gasteiger partial charge in [0.25, 0.3) is 0 Å². The number of hydrogen-bond acceptors (Lipinski definition) is 6. The second kappa shape index (κ2) is 4.96. The summed E-state index contributed by atoms with van der Waals surface area (Å²) in [5.41, 5.74) is 5.31. The minimum atomic E-state index is -3.17. The lowest BCUT2D eigenvalue weighted by atomic mass is 9.96. The van der Waals surface area contributed by atoms with Crippen molar-refractivity contribution in [1.29, 1.82) is 0 Å². The zero-order valence-corrected chi connectivity index (χ0v) is 12.7. The summed E-state index contributed by atoms with van der Waals surface area (Å²) >= 11 is 0. The molecule has 0 aromatic rings. The summed E-state index contributed by atoms with van der Waals surface area (Å²) in [6.45, 7) is 2.19. The molecule has 1 atom stereocenters. The van der Waals surface area contributed by atoms with Crippen molar-refractivity contribution in [1.82, 2.24) is 9.21 Å². The highest BCUT2D eigenvalue weighted by Crippen LogP contribution is 2.30. The first-order chi connectivity index (χ1) is 8.69. The second-order valence-electron chi connectivity index (χ2n) is 5.42. The fourth-order valence-corrected chi connectivity index (χ4v) is 5.86. The van der Waals surface area contributed by atoms with Crippen LogP contribution in [-0.4, -0.2) is 82.1 Å². The van der Waals surface area contributed by atoms with Crippen molar-refractivity contribution in [3.63, 3.8) is 0 Å². The van der Waals surface area contributed by atoms with Gasteiger partial charge in [0.2, 0.25) is 10.0 Å². The number of sulfone groups is 1. The van der Waals surface area contributed by atoms with E-state index in [0.717, 1.165) is 0 Å². The third-order valence-electron chi connectivity index (χ3n) is 4.13. The molecule has 9 heteroatoms. The molecule has 19 heavy (non-hydrogen) atoms. The molecule has 2 rings (SSSR count). The Hall–Kier alpha value is -0.220. The highest BCUT2D eigenvalue weighted by atomic mass is 32.2. The van der Waals surface area contributed by atoms with Crippen LogP contribution < -0.4 is 5.73 Å². The van der Waals surface area contributed by atoms with E-state index < -0.39 is 25.4 Å². The van der Waals surface area contributed by atoms with E-state index >= 15 is 0 Å². The molecule has 0 saturated carbocycles.